The fourth-order valence-corrected chi connectivity index (χ4v) is 3.47. The number of nitrogens with zero attached hydrogens (tertiary/aromatic N) is 2. The van der Waals surface area contributed by atoms with E-state index in [1.54, 1.807) is 0 Å². The van der Waals surface area contributed by atoms with Crippen LogP contribution in [0.4, 0.5) is 0 Å². The molecular formula is C15H22BrN3O2S. The van der Waals surface area contributed by atoms with Gasteiger partial charge in [0.05, 0.1) is 15.9 Å². The molecule has 1 aromatic heterocycles. The van der Waals surface area contributed by atoms with Crippen molar-refractivity contribution in [2.24, 2.45) is 0 Å². The van der Waals surface area contributed by atoms with Gasteiger partial charge in [-0.1, -0.05) is 6.92 Å². The molecule has 22 heavy (non-hydrogen) atoms. The van der Waals surface area contributed by atoms with Crippen LogP contribution in [0.15, 0.2) is 15.2 Å². The maximum Gasteiger partial charge on any atom is 0.254 e. The molecule has 7 heteroatoms. The van der Waals surface area contributed by atoms with E-state index in [1.165, 1.54) is 11.3 Å². The number of carbonyl (C=O) groups is 2. The van der Waals surface area contributed by atoms with Crippen LogP contribution in [0.3, 0.4) is 0 Å². The maximum atomic E-state index is 12.3. The third-order valence-electron chi connectivity index (χ3n) is 3.86. The van der Waals surface area contributed by atoms with E-state index < -0.39 is 0 Å². The molecule has 0 saturated carbocycles. The normalized spacial score (nSPS) is 17.3. The molecule has 1 aliphatic rings. The molecule has 5 nitrogen and oxygen atoms in total. The van der Waals surface area contributed by atoms with E-state index in [0.29, 0.717) is 19.6 Å². The van der Waals surface area contributed by atoms with Crippen LogP contribution < -0.4 is 5.32 Å². The van der Waals surface area contributed by atoms with Crippen molar-refractivity contribution in [3.8, 4) is 0 Å². The fraction of sp³-hybridized carbons (Fsp3) is 0.600. The van der Waals surface area contributed by atoms with E-state index in [-0.39, 0.29) is 17.9 Å². The van der Waals surface area contributed by atoms with Crippen molar-refractivity contribution in [3.63, 3.8) is 0 Å². The van der Waals surface area contributed by atoms with Crippen molar-refractivity contribution in [2.45, 2.75) is 26.3 Å². The largest absolute Gasteiger partial charge is 0.353 e. The molecule has 1 atom stereocenters. The van der Waals surface area contributed by atoms with Gasteiger partial charge in [-0.2, -0.15) is 0 Å². The lowest BCUT2D eigenvalue weighted by atomic mass is 10.2. The Morgan fingerprint density at radius 2 is 2.05 bits per heavy atom. The molecule has 2 rings (SSSR count). The Kier molecular flexibility index (Phi) is 6.40. The Labute approximate surface area is 143 Å². The Balaban J connectivity index is 1.78. The summed E-state index contributed by atoms with van der Waals surface area (Å²) in [6.45, 7) is 7.30. The quantitative estimate of drug-likeness (QED) is 0.842. The summed E-state index contributed by atoms with van der Waals surface area (Å²) in [6.07, 6.45) is 0.935. The molecule has 1 fully saturated rings. The second kappa shape index (κ2) is 8.08. The number of rotatable bonds is 5. The minimum Gasteiger partial charge on any atom is -0.353 e. The van der Waals surface area contributed by atoms with Gasteiger partial charge in [0, 0.05) is 37.6 Å². The molecule has 1 N–H and O–H groups in total. The van der Waals surface area contributed by atoms with Gasteiger partial charge in [0.2, 0.25) is 5.91 Å². The van der Waals surface area contributed by atoms with Crippen LogP contribution in [0.1, 0.15) is 30.6 Å². The van der Waals surface area contributed by atoms with Crippen LogP contribution in [0.25, 0.3) is 0 Å². The summed E-state index contributed by atoms with van der Waals surface area (Å²) in [5, 5.41) is 4.85. The van der Waals surface area contributed by atoms with Crippen LogP contribution in [0, 0.1) is 0 Å². The van der Waals surface area contributed by atoms with Crippen molar-refractivity contribution >= 4 is 39.1 Å². The zero-order chi connectivity index (χ0) is 16.1. The summed E-state index contributed by atoms with van der Waals surface area (Å²) in [5.41, 5.74) is 0.736. The molecule has 2 amide bonds. The fourth-order valence-electron chi connectivity index (χ4n) is 2.34. The average molecular weight is 388 g/mol. The minimum atomic E-state index is 0.0656. The molecule has 0 radical (unpaired) electrons. The van der Waals surface area contributed by atoms with E-state index in [0.717, 1.165) is 28.9 Å². The molecule has 0 bridgehead atoms. The van der Waals surface area contributed by atoms with Crippen LogP contribution in [-0.4, -0.2) is 60.4 Å². The van der Waals surface area contributed by atoms with Gasteiger partial charge in [-0.25, -0.2) is 0 Å². The first kappa shape index (κ1) is 17.4. The number of piperazine rings is 1. The van der Waals surface area contributed by atoms with Gasteiger partial charge in [0.25, 0.3) is 5.91 Å². The number of halogens is 1. The molecule has 1 saturated heterocycles. The van der Waals surface area contributed by atoms with Crippen molar-refractivity contribution < 1.29 is 9.59 Å². The highest BCUT2D eigenvalue weighted by atomic mass is 79.9. The number of hydrogen-bond acceptors (Lipinski definition) is 4. The smallest absolute Gasteiger partial charge is 0.254 e. The van der Waals surface area contributed by atoms with Gasteiger partial charge in [-0.3, -0.25) is 14.5 Å². The molecule has 0 spiro atoms. The monoisotopic (exact) mass is 387 g/mol. The Hall–Kier alpha value is -0.920. The van der Waals surface area contributed by atoms with Crippen LogP contribution in [0.5, 0.6) is 0 Å². The van der Waals surface area contributed by atoms with Crippen molar-refractivity contribution in [2.75, 3.05) is 32.7 Å². The van der Waals surface area contributed by atoms with Crippen molar-refractivity contribution in [1.82, 2.24) is 15.1 Å². The number of carbonyl (C=O) groups excluding carboxylic acids is 2. The van der Waals surface area contributed by atoms with Crippen molar-refractivity contribution in [1.29, 1.82) is 0 Å². The van der Waals surface area contributed by atoms with E-state index in [2.05, 4.69) is 33.1 Å². The summed E-state index contributed by atoms with van der Waals surface area (Å²) in [7, 11) is 0. The Morgan fingerprint density at radius 3 is 2.59 bits per heavy atom. The summed E-state index contributed by atoms with van der Waals surface area (Å²) < 4.78 is 0.969. The maximum absolute atomic E-state index is 12.3. The van der Waals surface area contributed by atoms with Crippen LogP contribution in [0.2, 0.25) is 0 Å². The minimum absolute atomic E-state index is 0.0656. The SMILES string of the molecule is CCC(C)NC(=O)CN1CCN(C(=O)c2csc(Br)c2)CC1. The van der Waals surface area contributed by atoms with E-state index in [1.807, 2.05) is 23.3 Å². The predicted molar refractivity (Wildman–Crippen MR) is 92.3 cm³/mol. The number of nitrogens with one attached hydrogen (secondary N) is 1. The van der Waals surface area contributed by atoms with Gasteiger partial charge in [0.15, 0.2) is 0 Å². The van der Waals surface area contributed by atoms with Gasteiger partial charge in [-0.15, -0.1) is 11.3 Å². The van der Waals surface area contributed by atoms with Crippen LogP contribution in [-0.2, 0) is 4.79 Å². The highest BCUT2D eigenvalue weighted by Gasteiger charge is 2.24. The predicted octanol–water partition coefficient (Wildman–Crippen LogP) is 2.18. The molecule has 122 valence electrons. The van der Waals surface area contributed by atoms with E-state index in [4.69, 9.17) is 0 Å². The van der Waals surface area contributed by atoms with Crippen molar-refractivity contribution in [3.05, 3.63) is 20.8 Å². The van der Waals surface area contributed by atoms with E-state index in [9.17, 15) is 9.59 Å². The second-order valence-electron chi connectivity index (χ2n) is 5.58. The topological polar surface area (TPSA) is 52.7 Å². The lowest BCUT2D eigenvalue weighted by molar-refractivity contribution is -0.123. The Morgan fingerprint density at radius 1 is 1.36 bits per heavy atom. The standard InChI is InChI=1S/C15H22BrN3O2S/c1-3-11(2)17-14(20)9-18-4-6-19(7-5-18)15(21)12-8-13(16)22-10-12/h8,10-11H,3-7,9H2,1-2H3,(H,17,20). The van der Waals surface area contributed by atoms with Gasteiger partial charge in [-0.05, 0) is 35.3 Å². The summed E-state index contributed by atoms with van der Waals surface area (Å²) in [4.78, 5) is 28.2. The molecule has 1 aliphatic heterocycles. The molecule has 0 aliphatic carbocycles. The number of amides is 2. The lowest BCUT2D eigenvalue weighted by Crippen LogP contribution is -2.51. The van der Waals surface area contributed by atoms with Crippen LogP contribution >= 0.6 is 27.3 Å². The lowest BCUT2D eigenvalue weighted by Gasteiger charge is -2.34. The first-order chi connectivity index (χ1) is 10.5. The summed E-state index contributed by atoms with van der Waals surface area (Å²) >= 11 is 4.90. The zero-order valence-electron chi connectivity index (χ0n) is 13.0. The van der Waals surface area contributed by atoms with Gasteiger partial charge >= 0.3 is 0 Å². The summed E-state index contributed by atoms with van der Waals surface area (Å²) in [6, 6.07) is 2.08. The third-order valence-corrected chi connectivity index (χ3v) is 5.37. The molecule has 0 aromatic carbocycles. The molecule has 1 aromatic rings. The zero-order valence-corrected chi connectivity index (χ0v) is 15.4. The highest BCUT2D eigenvalue weighted by molar-refractivity contribution is 9.11. The number of hydrogen-bond donors (Lipinski definition) is 1. The third kappa shape index (κ3) is 4.79. The van der Waals surface area contributed by atoms with Gasteiger partial charge in [0.1, 0.15) is 0 Å². The Bertz CT molecular complexity index is 527. The summed E-state index contributed by atoms with van der Waals surface area (Å²) in [5.74, 6) is 0.140. The highest BCUT2D eigenvalue weighted by Crippen LogP contribution is 2.22. The number of thiophene rings is 1. The van der Waals surface area contributed by atoms with E-state index >= 15 is 0 Å². The molecule has 1 unspecified atom stereocenters. The average Bonchev–Trinajstić information content (AvgIpc) is 2.93. The first-order valence-corrected chi connectivity index (χ1v) is 9.22. The van der Waals surface area contributed by atoms with Gasteiger partial charge < -0.3 is 10.2 Å². The second-order valence-corrected chi connectivity index (χ2v) is 7.88. The molecule has 2 heterocycles. The molecular weight excluding hydrogens is 366 g/mol. The first-order valence-electron chi connectivity index (χ1n) is 7.54.